The lowest BCUT2D eigenvalue weighted by Crippen LogP contribution is -2.61. The van der Waals surface area contributed by atoms with Crippen molar-refractivity contribution in [1.29, 1.82) is 0 Å². The van der Waals surface area contributed by atoms with Crippen LogP contribution in [0.25, 0.3) is 0 Å². The second-order valence-corrected chi connectivity index (χ2v) is 5.52. The molecule has 0 radical (unpaired) electrons. The van der Waals surface area contributed by atoms with E-state index in [0.29, 0.717) is 13.1 Å². The summed E-state index contributed by atoms with van der Waals surface area (Å²) < 4.78 is 0. The monoisotopic (exact) mass is 246 g/mol. The Kier molecular flexibility index (Phi) is 2.55. The molecule has 1 fully saturated rings. The fourth-order valence-electron chi connectivity index (χ4n) is 2.80. The van der Waals surface area contributed by atoms with Crippen molar-refractivity contribution in [2.45, 2.75) is 25.4 Å². The molecular weight excluding hydrogens is 228 g/mol. The second kappa shape index (κ2) is 3.99. The van der Waals surface area contributed by atoms with Gasteiger partial charge in [0.25, 0.3) is 5.91 Å². The highest BCUT2D eigenvalue weighted by Gasteiger charge is 2.40. The van der Waals surface area contributed by atoms with Crippen LogP contribution in [-0.2, 0) is 6.42 Å². The van der Waals surface area contributed by atoms with Gasteiger partial charge < -0.3 is 15.3 Å². The molecule has 18 heavy (non-hydrogen) atoms. The number of benzene rings is 1. The van der Waals surface area contributed by atoms with Gasteiger partial charge in [0.2, 0.25) is 0 Å². The van der Waals surface area contributed by atoms with Crippen LogP contribution in [0.15, 0.2) is 18.2 Å². The highest BCUT2D eigenvalue weighted by atomic mass is 16.3. The molecule has 1 amide bonds. The molecule has 2 N–H and O–H groups in total. The number of fused-ring (bicyclic) bond motifs is 1. The first-order valence-electron chi connectivity index (χ1n) is 6.44. The van der Waals surface area contributed by atoms with E-state index in [1.54, 1.807) is 11.8 Å². The van der Waals surface area contributed by atoms with Crippen LogP contribution >= 0.6 is 0 Å². The van der Waals surface area contributed by atoms with E-state index in [4.69, 9.17) is 0 Å². The summed E-state index contributed by atoms with van der Waals surface area (Å²) in [5.74, 6) is 0.0436. The van der Waals surface area contributed by atoms with Crippen molar-refractivity contribution in [1.82, 2.24) is 4.90 Å². The Morgan fingerprint density at radius 2 is 2.22 bits per heavy atom. The minimum atomic E-state index is -0.706. The lowest BCUT2D eigenvalue weighted by molar-refractivity contribution is -0.0669. The first-order chi connectivity index (χ1) is 8.57. The fourth-order valence-corrected chi connectivity index (χ4v) is 2.80. The van der Waals surface area contributed by atoms with Gasteiger partial charge in [-0.05, 0) is 37.5 Å². The van der Waals surface area contributed by atoms with Crippen molar-refractivity contribution in [2.75, 3.05) is 25.0 Å². The number of amides is 1. The van der Waals surface area contributed by atoms with E-state index in [0.717, 1.165) is 36.2 Å². The molecule has 1 aromatic carbocycles. The maximum atomic E-state index is 12.4. The SMILES string of the molecule is CC1(O)CN(C(=O)c2cccc3c2CCCN3)C1. The number of rotatable bonds is 1. The van der Waals surface area contributed by atoms with Gasteiger partial charge in [0, 0.05) is 17.8 Å². The fraction of sp³-hybridized carbons (Fsp3) is 0.500. The van der Waals surface area contributed by atoms with Crippen molar-refractivity contribution in [3.05, 3.63) is 29.3 Å². The van der Waals surface area contributed by atoms with Crippen LogP contribution in [0.4, 0.5) is 5.69 Å². The lowest BCUT2D eigenvalue weighted by Gasteiger charge is -2.44. The highest BCUT2D eigenvalue weighted by Crippen LogP contribution is 2.29. The quantitative estimate of drug-likeness (QED) is 0.784. The molecule has 2 aliphatic heterocycles. The summed E-state index contributed by atoms with van der Waals surface area (Å²) in [5.41, 5.74) is 2.29. The Morgan fingerprint density at radius 3 is 2.94 bits per heavy atom. The molecular formula is C14H18N2O2. The van der Waals surface area contributed by atoms with Gasteiger partial charge in [-0.15, -0.1) is 0 Å². The number of nitrogens with one attached hydrogen (secondary N) is 1. The van der Waals surface area contributed by atoms with E-state index in [1.807, 2.05) is 18.2 Å². The number of hydrogen-bond donors (Lipinski definition) is 2. The van der Waals surface area contributed by atoms with E-state index in [2.05, 4.69) is 5.32 Å². The number of anilines is 1. The van der Waals surface area contributed by atoms with Crippen LogP contribution in [0.5, 0.6) is 0 Å². The maximum Gasteiger partial charge on any atom is 0.254 e. The number of aliphatic hydroxyl groups is 1. The molecule has 0 unspecified atom stereocenters. The summed E-state index contributed by atoms with van der Waals surface area (Å²) in [6.07, 6.45) is 2.02. The first-order valence-corrected chi connectivity index (χ1v) is 6.44. The molecule has 4 heteroatoms. The lowest BCUT2D eigenvalue weighted by atomic mass is 9.92. The van der Waals surface area contributed by atoms with Crippen molar-refractivity contribution in [3.63, 3.8) is 0 Å². The zero-order valence-corrected chi connectivity index (χ0v) is 10.6. The van der Waals surface area contributed by atoms with E-state index in [9.17, 15) is 9.90 Å². The molecule has 2 aliphatic rings. The molecule has 3 rings (SSSR count). The van der Waals surface area contributed by atoms with Crippen LogP contribution in [-0.4, -0.2) is 41.1 Å². The predicted molar refractivity (Wildman–Crippen MR) is 69.8 cm³/mol. The minimum absolute atomic E-state index is 0.0436. The van der Waals surface area contributed by atoms with Crippen LogP contribution < -0.4 is 5.32 Å². The number of carbonyl (C=O) groups is 1. The van der Waals surface area contributed by atoms with Gasteiger partial charge in [0.05, 0.1) is 18.7 Å². The number of likely N-dealkylation sites (tertiary alicyclic amines) is 1. The van der Waals surface area contributed by atoms with E-state index < -0.39 is 5.60 Å². The summed E-state index contributed by atoms with van der Waals surface area (Å²) in [6.45, 7) is 3.60. The Bertz CT molecular complexity index is 489. The molecule has 4 nitrogen and oxygen atoms in total. The molecule has 0 aromatic heterocycles. The van der Waals surface area contributed by atoms with Crippen LogP contribution in [0.2, 0.25) is 0 Å². The Hall–Kier alpha value is -1.55. The van der Waals surface area contributed by atoms with Crippen LogP contribution in [0.3, 0.4) is 0 Å². The van der Waals surface area contributed by atoms with Gasteiger partial charge >= 0.3 is 0 Å². The van der Waals surface area contributed by atoms with Gasteiger partial charge in [0.1, 0.15) is 0 Å². The summed E-state index contributed by atoms with van der Waals surface area (Å²) in [5, 5.41) is 13.0. The number of hydrogen-bond acceptors (Lipinski definition) is 3. The molecule has 0 spiro atoms. The average Bonchev–Trinajstić information content (AvgIpc) is 2.34. The van der Waals surface area contributed by atoms with Crippen LogP contribution in [0.1, 0.15) is 29.3 Å². The third kappa shape index (κ3) is 1.86. The average molecular weight is 246 g/mol. The van der Waals surface area contributed by atoms with Gasteiger partial charge in [-0.3, -0.25) is 4.79 Å². The standard InChI is InChI=1S/C14H18N2O2/c1-14(18)8-16(9-14)13(17)11-4-2-6-12-10(11)5-3-7-15-12/h2,4,6,15,18H,3,5,7-9H2,1H3. The topological polar surface area (TPSA) is 52.6 Å². The predicted octanol–water partition coefficient (Wildman–Crippen LogP) is 1.25. The smallest absolute Gasteiger partial charge is 0.254 e. The zero-order chi connectivity index (χ0) is 12.8. The normalized spacial score (nSPS) is 20.7. The van der Waals surface area contributed by atoms with E-state index in [-0.39, 0.29) is 5.91 Å². The van der Waals surface area contributed by atoms with Crippen molar-refractivity contribution in [2.24, 2.45) is 0 Å². The molecule has 0 bridgehead atoms. The summed E-state index contributed by atoms with van der Waals surface area (Å²) >= 11 is 0. The van der Waals surface area contributed by atoms with Crippen molar-refractivity contribution < 1.29 is 9.90 Å². The molecule has 1 aromatic rings. The molecule has 0 aliphatic carbocycles. The summed E-state index contributed by atoms with van der Waals surface area (Å²) in [7, 11) is 0. The number of nitrogens with zero attached hydrogens (tertiary/aromatic N) is 1. The highest BCUT2D eigenvalue weighted by molar-refractivity contribution is 5.98. The van der Waals surface area contributed by atoms with Gasteiger partial charge in [-0.2, -0.15) is 0 Å². The Morgan fingerprint density at radius 1 is 1.44 bits per heavy atom. The first kappa shape index (κ1) is 11.5. The second-order valence-electron chi connectivity index (χ2n) is 5.52. The largest absolute Gasteiger partial charge is 0.386 e. The molecule has 1 saturated heterocycles. The van der Waals surface area contributed by atoms with E-state index >= 15 is 0 Å². The molecule has 96 valence electrons. The van der Waals surface area contributed by atoms with Crippen molar-refractivity contribution >= 4 is 11.6 Å². The van der Waals surface area contributed by atoms with Crippen molar-refractivity contribution in [3.8, 4) is 0 Å². The van der Waals surface area contributed by atoms with Crippen LogP contribution in [0, 0.1) is 0 Å². The third-order valence-corrected chi connectivity index (χ3v) is 3.68. The van der Waals surface area contributed by atoms with E-state index in [1.165, 1.54) is 0 Å². The molecule has 2 heterocycles. The Labute approximate surface area is 107 Å². The van der Waals surface area contributed by atoms with Gasteiger partial charge in [-0.1, -0.05) is 6.07 Å². The Balaban J connectivity index is 1.86. The third-order valence-electron chi connectivity index (χ3n) is 3.68. The zero-order valence-electron chi connectivity index (χ0n) is 10.6. The van der Waals surface area contributed by atoms with Gasteiger partial charge in [0.15, 0.2) is 0 Å². The summed E-state index contributed by atoms with van der Waals surface area (Å²) in [6, 6.07) is 5.83. The summed E-state index contributed by atoms with van der Waals surface area (Å²) in [4.78, 5) is 14.1. The minimum Gasteiger partial charge on any atom is -0.386 e. The number of β-amino-alcohol motifs (C(OH)–C–C–N with tert-alkyl or cyclic N) is 1. The molecule has 0 atom stereocenters. The number of carbonyl (C=O) groups excluding carboxylic acids is 1. The molecule has 0 saturated carbocycles. The van der Waals surface area contributed by atoms with Gasteiger partial charge in [-0.25, -0.2) is 0 Å². The maximum absolute atomic E-state index is 12.4.